The fourth-order valence-electron chi connectivity index (χ4n) is 2.99. The number of hydrogen-bond acceptors (Lipinski definition) is 3. The van der Waals surface area contributed by atoms with Gasteiger partial charge in [-0.3, -0.25) is 0 Å². The summed E-state index contributed by atoms with van der Waals surface area (Å²) >= 11 is 0. The average Bonchev–Trinajstić information content (AvgIpc) is 2.53. The van der Waals surface area contributed by atoms with Crippen molar-refractivity contribution in [1.82, 2.24) is 4.90 Å². The zero-order chi connectivity index (χ0) is 15.1. The molecule has 1 saturated heterocycles. The minimum Gasteiger partial charge on any atom is -0.494 e. The number of likely N-dealkylation sites (tertiary alicyclic amines) is 1. The molecule has 3 nitrogen and oxygen atoms in total. The molecule has 0 radical (unpaired) electrons. The Kier molecular flexibility index (Phi) is 6.07. The van der Waals surface area contributed by atoms with Crippen molar-refractivity contribution in [3.05, 3.63) is 29.8 Å². The highest BCUT2D eigenvalue weighted by atomic mass is 16.5. The number of hydrogen-bond donors (Lipinski definition) is 0. The van der Waals surface area contributed by atoms with Crippen molar-refractivity contribution in [3.63, 3.8) is 0 Å². The number of ether oxygens (including phenoxy) is 1. The topological polar surface area (TPSA) is 36.3 Å². The molecule has 2 rings (SSSR count). The lowest BCUT2D eigenvalue weighted by atomic mass is 9.91. The molecule has 2 atom stereocenters. The van der Waals surface area contributed by atoms with Gasteiger partial charge in [0.1, 0.15) is 5.75 Å². The molecule has 0 amide bonds. The molecule has 1 aromatic carbocycles. The monoisotopic (exact) mass is 286 g/mol. The smallest absolute Gasteiger partial charge is 0.119 e. The van der Waals surface area contributed by atoms with Crippen molar-refractivity contribution >= 4 is 0 Å². The Morgan fingerprint density at radius 2 is 2.05 bits per heavy atom. The second-order valence-corrected chi connectivity index (χ2v) is 6.03. The zero-order valence-electron chi connectivity index (χ0n) is 13.2. The van der Waals surface area contributed by atoms with E-state index in [1.807, 2.05) is 12.1 Å². The van der Waals surface area contributed by atoms with Crippen LogP contribution in [-0.4, -0.2) is 30.6 Å². The lowest BCUT2D eigenvalue weighted by Crippen LogP contribution is -2.42. The Balaban J connectivity index is 1.70. The summed E-state index contributed by atoms with van der Waals surface area (Å²) in [5, 5.41) is 8.76. The molecule has 0 unspecified atom stereocenters. The van der Waals surface area contributed by atoms with Crippen LogP contribution in [0, 0.1) is 17.2 Å². The van der Waals surface area contributed by atoms with Crippen LogP contribution in [0.25, 0.3) is 0 Å². The molecule has 3 heteroatoms. The molecule has 1 aliphatic rings. The number of nitriles is 1. The zero-order valence-corrected chi connectivity index (χ0v) is 13.2. The second-order valence-electron chi connectivity index (χ2n) is 6.03. The SMILES string of the molecule is CC[C@@H]1CC[C@H](C)N(CCCOc2ccc(C#N)cc2)C1. The summed E-state index contributed by atoms with van der Waals surface area (Å²) in [5.74, 6) is 1.73. The Labute approximate surface area is 128 Å². The maximum Gasteiger partial charge on any atom is 0.119 e. The Hall–Kier alpha value is -1.53. The van der Waals surface area contributed by atoms with Gasteiger partial charge in [0, 0.05) is 19.1 Å². The first-order valence-corrected chi connectivity index (χ1v) is 8.10. The fraction of sp³-hybridized carbons (Fsp3) is 0.611. The van der Waals surface area contributed by atoms with Gasteiger partial charge in [-0.1, -0.05) is 13.3 Å². The summed E-state index contributed by atoms with van der Waals surface area (Å²) in [4.78, 5) is 2.61. The second kappa shape index (κ2) is 8.05. The average molecular weight is 286 g/mol. The maximum atomic E-state index is 8.76. The van der Waals surface area contributed by atoms with E-state index in [1.165, 1.54) is 25.8 Å². The fourth-order valence-corrected chi connectivity index (χ4v) is 2.99. The van der Waals surface area contributed by atoms with Crippen molar-refractivity contribution in [3.8, 4) is 11.8 Å². The van der Waals surface area contributed by atoms with Crippen molar-refractivity contribution in [2.75, 3.05) is 19.7 Å². The highest BCUT2D eigenvalue weighted by Gasteiger charge is 2.23. The maximum absolute atomic E-state index is 8.76. The van der Waals surface area contributed by atoms with Crippen LogP contribution in [0.15, 0.2) is 24.3 Å². The number of rotatable bonds is 6. The first kappa shape index (κ1) is 15.9. The minimum absolute atomic E-state index is 0.676. The quantitative estimate of drug-likeness (QED) is 0.746. The van der Waals surface area contributed by atoms with Gasteiger partial charge in [-0.05, 0) is 56.4 Å². The predicted octanol–water partition coefficient (Wildman–Crippen LogP) is 3.84. The molecule has 21 heavy (non-hydrogen) atoms. The van der Waals surface area contributed by atoms with Gasteiger partial charge in [0.05, 0.1) is 18.2 Å². The van der Waals surface area contributed by atoms with E-state index in [2.05, 4.69) is 24.8 Å². The van der Waals surface area contributed by atoms with E-state index >= 15 is 0 Å². The van der Waals surface area contributed by atoms with E-state index in [4.69, 9.17) is 10.00 Å². The highest BCUT2D eigenvalue weighted by Crippen LogP contribution is 2.24. The summed E-state index contributed by atoms with van der Waals surface area (Å²) in [5.41, 5.74) is 0.676. The summed E-state index contributed by atoms with van der Waals surface area (Å²) in [7, 11) is 0. The molecule has 0 N–H and O–H groups in total. The van der Waals surface area contributed by atoms with E-state index < -0.39 is 0 Å². The third kappa shape index (κ3) is 4.75. The molecule has 0 aromatic heterocycles. The van der Waals surface area contributed by atoms with E-state index in [1.54, 1.807) is 12.1 Å². The molecule has 1 aromatic rings. The number of piperidine rings is 1. The van der Waals surface area contributed by atoms with Gasteiger partial charge in [0.15, 0.2) is 0 Å². The van der Waals surface area contributed by atoms with Gasteiger partial charge in [-0.2, -0.15) is 5.26 Å². The lowest BCUT2D eigenvalue weighted by molar-refractivity contribution is 0.108. The van der Waals surface area contributed by atoms with Crippen LogP contribution >= 0.6 is 0 Å². The summed E-state index contributed by atoms with van der Waals surface area (Å²) in [6.07, 6.45) is 5.07. The van der Waals surface area contributed by atoms with Crippen molar-refractivity contribution < 1.29 is 4.74 Å². The van der Waals surface area contributed by atoms with Crippen LogP contribution in [0.3, 0.4) is 0 Å². The molecule has 0 spiro atoms. The number of nitrogens with zero attached hydrogens (tertiary/aromatic N) is 2. The van der Waals surface area contributed by atoms with Gasteiger partial charge in [0.25, 0.3) is 0 Å². The van der Waals surface area contributed by atoms with Crippen LogP contribution in [0.2, 0.25) is 0 Å². The molecule has 1 aliphatic heterocycles. The Morgan fingerprint density at radius 3 is 2.71 bits per heavy atom. The molecular formula is C18H26N2O. The Morgan fingerprint density at radius 1 is 1.29 bits per heavy atom. The van der Waals surface area contributed by atoms with Crippen LogP contribution < -0.4 is 4.74 Å². The largest absolute Gasteiger partial charge is 0.494 e. The van der Waals surface area contributed by atoms with Gasteiger partial charge >= 0.3 is 0 Å². The van der Waals surface area contributed by atoms with Crippen molar-refractivity contribution in [1.29, 1.82) is 5.26 Å². The van der Waals surface area contributed by atoms with Crippen LogP contribution in [0.1, 0.15) is 45.1 Å². The normalized spacial score (nSPS) is 22.7. The molecule has 1 fully saturated rings. The van der Waals surface area contributed by atoms with E-state index in [9.17, 15) is 0 Å². The highest BCUT2D eigenvalue weighted by molar-refractivity contribution is 5.34. The van der Waals surface area contributed by atoms with Crippen LogP contribution in [-0.2, 0) is 0 Å². The Bertz CT molecular complexity index is 463. The molecule has 0 bridgehead atoms. The summed E-state index contributed by atoms with van der Waals surface area (Å²) in [6, 6.07) is 10.2. The van der Waals surface area contributed by atoms with Gasteiger partial charge in [-0.15, -0.1) is 0 Å². The molecule has 1 heterocycles. The first-order chi connectivity index (χ1) is 10.2. The first-order valence-electron chi connectivity index (χ1n) is 8.10. The third-order valence-electron chi connectivity index (χ3n) is 4.53. The predicted molar refractivity (Wildman–Crippen MR) is 85.3 cm³/mol. The molecule has 0 saturated carbocycles. The molecule has 114 valence electrons. The van der Waals surface area contributed by atoms with Gasteiger partial charge < -0.3 is 9.64 Å². The van der Waals surface area contributed by atoms with Gasteiger partial charge in [0.2, 0.25) is 0 Å². The van der Waals surface area contributed by atoms with Crippen LogP contribution in [0.5, 0.6) is 5.75 Å². The van der Waals surface area contributed by atoms with Crippen molar-refractivity contribution in [2.45, 2.75) is 45.6 Å². The van der Waals surface area contributed by atoms with E-state index in [0.29, 0.717) is 11.6 Å². The lowest BCUT2D eigenvalue weighted by Gasteiger charge is -2.37. The molecular weight excluding hydrogens is 260 g/mol. The standard InChI is InChI=1S/C18H26N2O/c1-3-16-6-5-15(2)20(14-16)11-4-12-21-18-9-7-17(13-19)8-10-18/h7-10,15-16H,3-6,11-12,14H2,1-2H3/t15-,16+/m0/s1. The van der Waals surface area contributed by atoms with E-state index in [0.717, 1.165) is 31.2 Å². The number of benzene rings is 1. The molecule has 0 aliphatic carbocycles. The summed E-state index contributed by atoms with van der Waals surface area (Å²) < 4.78 is 5.75. The summed E-state index contributed by atoms with van der Waals surface area (Å²) in [6.45, 7) is 7.74. The van der Waals surface area contributed by atoms with Gasteiger partial charge in [-0.25, -0.2) is 0 Å². The third-order valence-corrected chi connectivity index (χ3v) is 4.53. The van der Waals surface area contributed by atoms with Crippen molar-refractivity contribution in [2.24, 2.45) is 5.92 Å². The minimum atomic E-state index is 0.676. The van der Waals surface area contributed by atoms with E-state index in [-0.39, 0.29) is 0 Å². The van der Waals surface area contributed by atoms with Crippen LogP contribution in [0.4, 0.5) is 0 Å².